The number of rotatable bonds is 2. The van der Waals surface area contributed by atoms with Gasteiger partial charge < -0.3 is 5.32 Å². The minimum Gasteiger partial charge on any atom is -0.322 e. The average molecular weight is 346 g/mol. The fourth-order valence-corrected chi connectivity index (χ4v) is 2.25. The summed E-state index contributed by atoms with van der Waals surface area (Å²) in [6.45, 7) is 0. The van der Waals surface area contributed by atoms with Crippen LogP contribution in [0.3, 0.4) is 0 Å². The van der Waals surface area contributed by atoms with E-state index in [-0.39, 0.29) is 5.56 Å². The van der Waals surface area contributed by atoms with E-state index in [1.165, 1.54) is 12.1 Å². The zero-order chi connectivity index (χ0) is 14.8. The van der Waals surface area contributed by atoms with Crippen LogP contribution in [0.2, 0.25) is 0 Å². The number of anilines is 1. The number of benzene rings is 2. The van der Waals surface area contributed by atoms with Gasteiger partial charge in [0.25, 0.3) is 5.91 Å². The highest BCUT2D eigenvalue weighted by atomic mass is 79.9. The van der Waals surface area contributed by atoms with Crippen LogP contribution in [0.25, 0.3) is 11.0 Å². The number of nitrogens with zero attached hydrogens (tertiary/aromatic N) is 2. The largest absolute Gasteiger partial charge is 0.322 e. The van der Waals surface area contributed by atoms with Crippen molar-refractivity contribution in [1.82, 2.24) is 9.97 Å². The van der Waals surface area contributed by atoms with Gasteiger partial charge in [0.2, 0.25) is 0 Å². The van der Waals surface area contributed by atoms with E-state index in [9.17, 15) is 9.18 Å². The summed E-state index contributed by atoms with van der Waals surface area (Å²) in [4.78, 5) is 20.4. The topological polar surface area (TPSA) is 54.9 Å². The summed E-state index contributed by atoms with van der Waals surface area (Å²) in [5.74, 6) is -1.09. The molecule has 0 aliphatic heterocycles. The highest BCUT2D eigenvalue weighted by molar-refractivity contribution is 9.10. The van der Waals surface area contributed by atoms with Crippen LogP contribution in [-0.2, 0) is 0 Å². The molecule has 0 fully saturated rings. The van der Waals surface area contributed by atoms with E-state index in [1.54, 1.807) is 36.7 Å². The second-order valence-corrected chi connectivity index (χ2v) is 5.25. The molecule has 0 aliphatic rings. The van der Waals surface area contributed by atoms with Crippen LogP contribution in [0.4, 0.5) is 10.1 Å². The number of fused-ring (bicyclic) bond motifs is 1. The smallest absolute Gasteiger partial charge is 0.258 e. The summed E-state index contributed by atoms with van der Waals surface area (Å²) in [5.41, 5.74) is 1.91. The van der Waals surface area contributed by atoms with Crippen molar-refractivity contribution >= 4 is 38.6 Å². The Balaban J connectivity index is 1.89. The first-order chi connectivity index (χ1) is 10.1. The zero-order valence-electron chi connectivity index (χ0n) is 10.7. The maximum absolute atomic E-state index is 13.7. The van der Waals surface area contributed by atoms with Crippen LogP contribution in [0.15, 0.2) is 53.3 Å². The van der Waals surface area contributed by atoms with Gasteiger partial charge in [-0.05, 0) is 36.4 Å². The van der Waals surface area contributed by atoms with Gasteiger partial charge in [-0.1, -0.05) is 15.9 Å². The Morgan fingerprint density at radius 1 is 1.05 bits per heavy atom. The number of amides is 1. The van der Waals surface area contributed by atoms with Gasteiger partial charge in [0.15, 0.2) is 0 Å². The van der Waals surface area contributed by atoms with E-state index in [0.29, 0.717) is 15.7 Å². The SMILES string of the molecule is O=C(Nc1ccc2nccnc2c1)c1ccc(Br)cc1F. The molecule has 104 valence electrons. The summed E-state index contributed by atoms with van der Waals surface area (Å²) in [6, 6.07) is 9.43. The lowest BCUT2D eigenvalue weighted by atomic mass is 10.2. The molecule has 1 heterocycles. The molecule has 0 bridgehead atoms. The Bertz CT molecular complexity index is 838. The molecule has 0 radical (unpaired) electrons. The summed E-state index contributed by atoms with van der Waals surface area (Å²) >= 11 is 3.15. The van der Waals surface area contributed by atoms with Crippen molar-refractivity contribution in [2.24, 2.45) is 0 Å². The summed E-state index contributed by atoms with van der Waals surface area (Å²) in [6.07, 6.45) is 3.17. The third kappa shape index (κ3) is 2.90. The quantitative estimate of drug-likeness (QED) is 0.768. The Hall–Kier alpha value is -2.34. The Morgan fingerprint density at radius 3 is 2.57 bits per heavy atom. The second-order valence-electron chi connectivity index (χ2n) is 4.34. The minimum absolute atomic E-state index is 0.0163. The second kappa shape index (κ2) is 5.57. The van der Waals surface area contributed by atoms with Crippen molar-refractivity contribution < 1.29 is 9.18 Å². The maximum atomic E-state index is 13.7. The monoisotopic (exact) mass is 345 g/mol. The third-order valence-corrected chi connectivity index (χ3v) is 3.40. The Kier molecular flexibility index (Phi) is 3.62. The van der Waals surface area contributed by atoms with Crippen molar-refractivity contribution in [3.63, 3.8) is 0 Å². The molecule has 0 saturated heterocycles. The van der Waals surface area contributed by atoms with E-state index in [2.05, 4.69) is 31.2 Å². The maximum Gasteiger partial charge on any atom is 0.258 e. The van der Waals surface area contributed by atoms with Crippen LogP contribution in [-0.4, -0.2) is 15.9 Å². The van der Waals surface area contributed by atoms with Crippen molar-refractivity contribution in [2.45, 2.75) is 0 Å². The van der Waals surface area contributed by atoms with E-state index in [0.717, 1.165) is 5.52 Å². The molecule has 2 aromatic carbocycles. The van der Waals surface area contributed by atoms with Gasteiger partial charge in [0.05, 0.1) is 16.6 Å². The van der Waals surface area contributed by atoms with Crippen molar-refractivity contribution in [2.75, 3.05) is 5.32 Å². The molecule has 1 aromatic heterocycles. The predicted molar refractivity (Wildman–Crippen MR) is 81.6 cm³/mol. The fourth-order valence-electron chi connectivity index (χ4n) is 1.91. The van der Waals surface area contributed by atoms with Gasteiger partial charge in [-0.2, -0.15) is 0 Å². The molecule has 4 nitrogen and oxygen atoms in total. The molecule has 21 heavy (non-hydrogen) atoms. The van der Waals surface area contributed by atoms with E-state index in [4.69, 9.17) is 0 Å². The molecule has 3 rings (SSSR count). The summed E-state index contributed by atoms with van der Waals surface area (Å²) < 4.78 is 14.3. The number of hydrogen-bond donors (Lipinski definition) is 1. The van der Waals surface area contributed by atoms with Gasteiger partial charge in [0, 0.05) is 22.6 Å². The standard InChI is InChI=1S/C15H9BrFN3O/c16-9-1-3-11(12(17)7-9)15(21)20-10-2-4-13-14(8-10)19-6-5-18-13/h1-8H,(H,20,21). The number of nitrogens with one attached hydrogen (secondary N) is 1. The van der Waals surface area contributed by atoms with Crippen LogP contribution < -0.4 is 5.32 Å². The predicted octanol–water partition coefficient (Wildman–Crippen LogP) is 3.78. The lowest BCUT2D eigenvalue weighted by Crippen LogP contribution is -2.13. The molecule has 0 spiro atoms. The molecule has 0 atom stereocenters. The highest BCUT2D eigenvalue weighted by Crippen LogP contribution is 2.19. The first-order valence-corrected chi connectivity index (χ1v) is 6.90. The fraction of sp³-hybridized carbons (Fsp3) is 0. The lowest BCUT2D eigenvalue weighted by Gasteiger charge is -2.07. The van der Waals surface area contributed by atoms with Gasteiger partial charge in [-0.15, -0.1) is 0 Å². The number of aromatic nitrogens is 2. The van der Waals surface area contributed by atoms with Crippen molar-refractivity contribution in [3.8, 4) is 0 Å². The number of carbonyl (C=O) groups excluding carboxylic acids is 1. The molecular formula is C15H9BrFN3O. The molecule has 3 aromatic rings. The molecule has 6 heteroatoms. The number of carbonyl (C=O) groups is 1. The number of halogens is 2. The molecule has 0 aliphatic carbocycles. The van der Waals surface area contributed by atoms with Crippen LogP contribution in [0.5, 0.6) is 0 Å². The number of hydrogen-bond acceptors (Lipinski definition) is 3. The molecular weight excluding hydrogens is 337 g/mol. The third-order valence-electron chi connectivity index (χ3n) is 2.90. The summed E-state index contributed by atoms with van der Waals surface area (Å²) in [7, 11) is 0. The van der Waals surface area contributed by atoms with Gasteiger partial charge in [-0.25, -0.2) is 4.39 Å². The zero-order valence-corrected chi connectivity index (χ0v) is 12.3. The average Bonchev–Trinajstić information content (AvgIpc) is 2.47. The minimum atomic E-state index is -0.581. The molecule has 0 saturated carbocycles. The van der Waals surface area contributed by atoms with Gasteiger partial charge in [-0.3, -0.25) is 14.8 Å². The molecule has 1 N–H and O–H groups in total. The Labute approximate surface area is 128 Å². The van der Waals surface area contributed by atoms with Crippen molar-refractivity contribution in [3.05, 3.63) is 64.6 Å². The summed E-state index contributed by atoms with van der Waals surface area (Å²) in [5, 5.41) is 2.65. The van der Waals surface area contributed by atoms with Gasteiger partial charge >= 0.3 is 0 Å². The van der Waals surface area contributed by atoms with E-state index < -0.39 is 11.7 Å². The molecule has 0 unspecified atom stereocenters. The Morgan fingerprint density at radius 2 is 1.81 bits per heavy atom. The van der Waals surface area contributed by atoms with Crippen molar-refractivity contribution in [1.29, 1.82) is 0 Å². The normalized spacial score (nSPS) is 10.6. The van der Waals surface area contributed by atoms with Gasteiger partial charge in [0.1, 0.15) is 5.82 Å². The van der Waals surface area contributed by atoms with E-state index >= 15 is 0 Å². The van der Waals surface area contributed by atoms with Crippen LogP contribution in [0, 0.1) is 5.82 Å². The van der Waals surface area contributed by atoms with Crippen LogP contribution in [0.1, 0.15) is 10.4 Å². The lowest BCUT2D eigenvalue weighted by molar-refractivity contribution is 0.102. The van der Waals surface area contributed by atoms with E-state index in [1.807, 2.05) is 0 Å². The highest BCUT2D eigenvalue weighted by Gasteiger charge is 2.12. The molecule has 1 amide bonds. The first kappa shape index (κ1) is 13.6. The van der Waals surface area contributed by atoms with Crippen LogP contribution >= 0.6 is 15.9 Å². The first-order valence-electron chi connectivity index (χ1n) is 6.11.